The van der Waals surface area contributed by atoms with Gasteiger partial charge in [0.15, 0.2) is 0 Å². The van der Waals surface area contributed by atoms with E-state index in [0.717, 1.165) is 15.0 Å². The molecule has 3 heterocycles. The van der Waals surface area contributed by atoms with Crippen LogP contribution in [-0.2, 0) is 0 Å². The first-order valence-corrected chi connectivity index (χ1v) is 9.30. The molecular formula is C18H15N3OS2. The van der Waals surface area contributed by atoms with E-state index in [0.29, 0.717) is 6.54 Å². The molecule has 0 aliphatic carbocycles. The van der Waals surface area contributed by atoms with Crippen LogP contribution in [0.15, 0.2) is 66.3 Å². The van der Waals surface area contributed by atoms with Crippen LogP contribution in [-0.4, -0.2) is 22.2 Å². The van der Waals surface area contributed by atoms with Gasteiger partial charge in [0, 0.05) is 28.5 Å². The van der Waals surface area contributed by atoms with E-state index >= 15 is 0 Å². The van der Waals surface area contributed by atoms with Gasteiger partial charge in [-0.15, -0.1) is 22.7 Å². The highest BCUT2D eigenvalue weighted by atomic mass is 32.1. The number of aromatic nitrogens is 2. The lowest BCUT2D eigenvalue weighted by Crippen LogP contribution is -2.30. The molecular weight excluding hydrogens is 338 g/mol. The van der Waals surface area contributed by atoms with E-state index in [1.807, 2.05) is 58.7 Å². The van der Waals surface area contributed by atoms with Gasteiger partial charge in [-0.25, -0.2) is 0 Å². The van der Waals surface area contributed by atoms with Gasteiger partial charge in [-0.1, -0.05) is 24.3 Å². The van der Waals surface area contributed by atoms with Crippen LogP contribution in [0.5, 0.6) is 0 Å². The molecule has 4 aromatic rings. The largest absolute Gasteiger partial charge is 0.349 e. The molecule has 0 bridgehead atoms. The maximum Gasteiger partial charge on any atom is 0.261 e. The van der Waals surface area contributed by atoms with Gasteiger partial charge in [-0.2, -0.15) is 5.10 Å². The lowest BCUT2D eigenvalue weighted by molar-refractivity contribution is 0.0953. The van der Waals surface area contributed by atoms with Crippen molar-refractivity contribution < 1.29 is 4.79 Å². The van der Waals surface area contributed by atoms with E-state index in [-0.39, 0.29) is 11.9 Å². The molecule has 0 saturated carbocycles. The first kappa shape index (κ1) is 15.1. The SMILES string of the molecule is O=C(NC[C@@H](c1cccs1)n1cccn1)c1cc2ccccc2s1. The molecule has 120 valence electrons. The zero-order valence-electron chi connectivity index (χ0n) is 12.8. The summed E-state index contributed by atoms with van der Waals surface area (Å²) >= 11 is 3.19. The summed E-state index contributed by atoms with van der Waals surface area (Å²) < 4.78 is 3.02. The van der Waals surface area contributed by atoms with Crippen molar-refractivity contribution in [1.82, 2.24) is 15.1 Å². The molecule has 4 nitrogen and oxygen atoms in total. The number of hydrogen-bond donors (Lipinski definition) is 1. The fraction of sp³-hybridized carbons (Fsp3) is 0.111. The molecule has 0 fully saturated rings. The normalized spacial score (nSPS) is 12.3. The molecule has 1 atom stereocenters. The lowest BCUT2D eigenvalue weighted by Gasteiger charge is -2.16. The van der Waals surface area contributed by atoms with Crippen LogP contribution < -0.4 is 5.32 Å². The Morgan fingerprint density at radius 3 is 2.88 bits per heavy atom. The molecule has 0 aliphatic heterocycles. The number of hydrogen-bond acceptors (Lipinski definition) is 4. The fourth-order valence-electron chi connectivity index (χ4n) is 2.64. The Bertz CT molecular complexity index is 875. The third kappa shape index (κ3) is 2.98. The number of thiophene rings is 2. The molecule has 0 unspecified atom stereocenters. The number of nitrogens with one attached hydrogen (secondary N) is 1. The number of benzene rings is 1. The Hall–Kier alpha value is -2.44. The predicted molar refractivity (Wildman–Crippen MR) is 98.8 cm³/mol. The first-order chi connectivity index (χ1) is 11.8. The number of carbonyl (C=O) groups excluding carboxylic acids is 1. The van der Waals surface area contributed by atoms with Crippen LogP contribution >= 0.6 is 22.7 Å². The van der Waals surface area contributed by atoms with Crippen LogP contribution in [0.3, 0.4) is 0 Å². The maximum absolute atomic E-state index is 12.5. The Kier molecular flexibility index (Phi) is 4.15. The van der Waals surface area contributed by atoms with E-state index in [1.54, 1.807) is 17.5 Å². The van der Waals surface area contributed by atoms with Crippen molar-refractivity contribution >= 4 is 38.7 Å². The highest BCUT2D eigenvalue weighted by molar-refractivity contribution is 7.20. The average Bonchev–Trinajstić information content (AvgIpc) is 3.35. The molecule has 1 N–H and O–H groups in total. The number of carbonyl (C=O) groups is 1. The number of fused-ring (bicyclic) bond motifs is 1. The van der Waals surface area contributed by atoms with Crippen molar-refractivity contribution in [3.63, 3.8) is 0 Å². The zero-order chi connectivity index (χ0) is 16.4. The predicted octanol–water partition coefficient (Wildman–Crippen LogP) is 4.18. The van der Waals surface area contributed by atoms with Crippen LogP contribution in [0.25, 0.3) is 10.1 Å². The van der Waals surface area contributed by atoms with Gasteiger partial charge < -0.3 is 5.32 Å². The average molecular weight is 353 g/mol. The monoisotopic (exact) mass is 353 g/mol. The van der Waals surface area contributed by atoms with Gasteiger partial charge in [-0.3, -0.25) is 9.48 Å². The van der Waals surface area contributed by atoms with E-state index < -0.39 is 0 Å². The molecule has 4 rings (SSSR count). The summed E-state index contributed by atoms with van der Waals surface area (Å²) in [7, 11) is 0. The summed E-state index contributed by atoms with van der Waals surface area (Å²) in [5.41, 5.74) is 0. The topological polar surface area (TPSA) is 46.9 Å². The summed E-state index contributed by atoms with van der Waals surface area (Å²) in [5.74, 6) is -0.0371. The minimum absolute atomic E-state index is 0.0123. The number of nitrogens with zero attached hydrogens (tertiary/aromatic N) is 2. The number of amides is 1. The van der Waals surface area contributed by atoms with E-state index in [1.165, 1.54) is 16.2 Å². The second-order valence-electron chi connectivity index (χ2n) is 5.38. The minimum atomic E-state index is -0.0371. The van der Waals surface area contributed by atoms with Crippen molar-refractivity contribution in [3.8, 4) is 0 Å². The summed E-state index contributed by atoms with van der Waals surface area (Å²) in [6.07, 6.45) is 3.68. The highest BCUT2D eigenvalue weighted by Gasteiger charge is 2.17. The molecule has 0 radical (unpaired) electrons. The first-order valence-electron chi connectivity index (χ1n) is 7.60. The Balaban J connectivity index is 1.52. The summed E-state index contributed by atoms with van der Waals surface area (Å²) in [6, 6.07) is 16.0. The summed E-state index contributed by atoms with van der Waals surface area (Å²) in [6.45, 7) is 0.509. The van der Waals surface area contributed by atoms with Crippen LogP contribution in [0.1, 0.15) is 20.6 Å². The summed E-state index contributed by atoms with van der Waals surface area (Å²) in [4.78, 5) is 14.4. The van der Waals surface area contributed by atoms with Crippen LogP contribution in [0, 0.1) is 0 Å². The third-order valence-corrected chi connectivity index (χ3v) is 5.91. The smallest absolute Gasteiger partial charge is 0.261 e. The van der Waals surface area contributed by atoms with Crippen molar-refractivity contribution in [3.05, 3.63) is 76.1 Å². The maximum atomic E-state index is 12.5. The van der Waals surface area contributed by atoms with Crippen molar-refractivity contribution in [2.24, 2.45) is 0 Å². The van der Waals surface area contributed by atoms with E-state index in [4.69, 9.17) is 0 Å². The Labute approximate surface area is 147 Å². The van der Waals surface area contributed by atoms with Gasteiger partial charge >= 0.3 is 0 Å². The summed E-state index contributed by atoms with van der Waals surface area (Å²) in [5, 5.41) is 10.5. The zero-order valence-corrected chi connectivity index (χ0v) is 14.4. The Morgan fingerprint density at radius 1 is 1.21 bits per heavy atom. The second kappa shape index (κ2) is 6.59. The van der Waals surface area contributed by atoms with Gasteiger partial charge in [-0.05, 0) is 35.0 Å². The van der Waals surface area contributed by atoms with Gasteiger partial charge in [0.05, 0.1) is 4.88 Å². The van der Waals surface area contributed by atoms with Crippen LogP contribution in [0.2, 0.25) is 0 Å². The fourth-order valence-corrected chi connectivity index (χ4v) is 4.44. The van der Waals surface area contributed by atoms with Crippen molar-refractivity contribution in [2.45, 2.75) is 6.04 Å². The van der Waals surface area contributed by atoms with E-state index in [2.05, 4.69) is 16.5 Å². The third-order valence-electron chi connectivity index (χ3n) is 3.82. The van der Waals surface area contributed by atoms with Crippen molar-refractivity contribution in [1.29, 1.82) is 0 Å². The molecule has 3 aromatic heterocycles. The molecule has 1 aromatic carbocycles. The van der Waals surface area contributed by atoms with E-state index in [9.17, 15) is 4.79 Å². The molecule has 0 saturated heterocycles. The molecule has 0 aliphatic rings. The standard InChI is InChI=1S/C18H15N3OS2/c22-18(17-11-13-5-1-2-6-15(13)24-17)19-12-14(16-7-3-10-23-16)21-9-4-8-20-21/h1-11,14H,12H2,(H,19,22)/t14-/m0/s1. The molecule has 6 heteroatoms. The minimum Gasteiger partial charge on any atom is -0.349 e. The number of rotatable bonds is 5. The van der Waals surface area contributed by atoms with Gasteiger partial charge in [0.2, 0.25) is 0 Å². The lowest BCUT2D eigenvalue weighted by atomic mass is 10.2. The molecule has 1 amide bonds. The second-order valence-corrected chi connectivity index (χ2v) is 7.44. The molecule has 0 spiro atoms. The quantitative estimate of drug-likeness (QED) is 0.585. The molecule has 24 heavy (non-hydrogen) atoms. The highest BCUT2D eigenvalue weighted by Crippen LogP contribution is 2.26. The van der Waals surface area contributed by atoms with Crippen LogP contribution in [0.4, 0.5) is 0 Å². The van der Waals surface area contributed by atoms with Gasteiger partial charge in [0.25, 0.3) is 5.91 Å². The van der Waals surface area contributed by atoms with Gasteiger partial charge in [0.1, 0.15) is 6.04 Å². The van der Waals surface area contributed by atoms with Crippen molar-refractivity contribution in [2.75, 3.05) is 6.54 Å². The Morgan fingerprint density at radius 2 is 2.12 bits per heavy atom.